The second-order valence-corrected chi connectivity index (χ2v) is 4.64. The molecule has 0 fully saturated rings. The van der Waals surface area contributed by atoms with Crippen LogP contribution in [0.25, 0.3) is 0 Å². The van der Waals surface area contributed by atoms with E-state index in [9.17, 15) is 18.9 Å². The van der Waals surface area contributed by atoms with Crippen LogP contribution in [0.15, 0.2) is 36.4 Å². The molecule has 0 saturated carbocycles. The zero-order valence-electron chi connectivity index (χ0n) is 11.5. The van der Waals surface area contributed by atoms with Crippen molar-refractivity contribution in [3.8, 4) is 6.07 Å². The fourth-order valence-electron chi connectivity index (χ4n) is 1.98. The van der Waals surface area contributed by atoms with Crippen LogP contribution in [0.4, 0.5) is 20.2 Å². The molecule has 5 nitrogen and oxygen atoms in total. The number of anilines is 1. The summed E-state index contributed by atoms with van der Waals surface area (Å²) in [6.07, 6.45) is 0. The topological polar surface area (TPSA) is 79.0 Å². The average Bonchev–Trinajstić information content (AvgIpc) is 2.49. The number of hydrogen-bond donors (Lipinski definition) is 1. The van der Waals surface area contributed by atoms with Gasteiger partial charge < -0.3 is 5.32 Å². The predicted octanol–water partition coefficient (Wildman–Crippen LogP) is 3.92. The molecule has 0 radical (unpaired) electrons. The number of nitro groups is 1. The van der Waals surface area contributed by atoms with E-state index in [-0.39, 0.29) is 16.9 Å². The molecule has 0 aromatic heterocycles. The fraction of sp³-hybridized carbons (Fsp3) is 0.133. The number of nitriles is 1. The van der Waals surface area contributed by atoms with Crippen molar-refractivity contribution < 1.29 is 13.7 Å². The summed E-state index contributed by atoms with van der Waals surface area (Å²) in [7, 11) is 0. The van der Waals surface area contributed by atoms with Crippen LogP contribution in [0.1, 0.15) is 24.1 Å². The molecule has 1 unspecified atom stereocenters. The third-order valence-corrected chi connectivity index (χ3v) is 3.14. The van der Waals surface area contributed by atoms with Crippen molar-refractivity contribution in [2.45, 2.75) is 13.0 Å². The van der Waals surface area contributed by atoms with Crippen LogP contribution < -0.4 is 5.32 Å². The lowest BCUT2D eigenvalue weighted by Gasteiger charge is -2.16. The highest BCUT2D eigenvalue weighted by Gasteiger charge is 2.17. The Morgan fingerprint density at radius 2 is 1.95 bits per heavy atom. The summed E-state index contributed by atoms with van der Waals surface area (Å²) in [6, 6.07) is 8.68. The van der Waals surface area contributed by atoms with Crippen LogP contribution in [-0.2, 0) is 0 Å². The fourth-order valence-corrected chi connectivity index (χ4v) is 1.98. The van der Waals surface area contributed by atoms with Gasteiger partial charge in [-0.25, -0.2) is 8.78 Å². The van der Waals surface area contributed by atoms with Gasteiger partial charge in [-0.1, -0.05) is 6.07 Å². The zero-order chi connectivity index (χ0) is 16.3. The smallest absolute Gasteiger partial charge is 0.292 e. The van der Waals surface area contributed by atoms with Gasteiger partial charge in [-0.3, -0.25) is 10.1 Å². The molecule has 0 aliphatic heterocycles. The average molecular weight is 303 g/mol. The SMILES string of the molecule is CC(Nc1cc(C#N)ccc1[N+](=O)[O-])c1ccc(F)c(F)c1. The van der Waals surface area contributed by atoms with Crippen molar-refractivity contribution in [3.63, 3.8) is 0 Å². The number of rotatable bonds is 4. The lowest BCUT2D eigenvalue weighted by Crippen LogP contribution is -2.09. The Hall–Kier alpha value is -3.01. The van der Waals surface area contributed by atoms with Crippen LogP contribution >= 0.6 is 0 Å². The Balaban J connectivity index is 2.34. The second-order valence-electron chi connectivity index (χ2n) is 4.64. The minimum absolute atomic E-state index is 0.140. The first-order valence-electron chi connectivity index (χ1n) is 6.32. The Labute approximate surface area is 125 Å². The van der Waals surface area contributed by atoms with E-state index in [4.69, 9.17) is 5.26 Å². The quantitative estimate of drug-likeness (QED) is 0.686. The summed E-state index contributed by atoms with van der Waals surface area (Å²) in [4.78, 5) is 10.4. The van der Waals surface area contributed by atoms with Crippen LogP contribution in [0, 0.1) is 33.1 Å². The molecule has 2 rings (SSSR count). The Kier molecular flexibility index (Phi) is 4.32. The standard InChI is InChI=1S/C15H11F2N3O2/c1-9(11-3-4-12(16)13(17)7-11)19-14-6-10(8-18)2-5-15(14)20(21)22/h2-7,9,19H,1H3. The molecule has 7 heteroatoms. The molecule has 0 bridgehead atoms. The number of halogens is 2. The van der Waals surface area contributed by atoms with Crippen LogP contribution in [0.5, 0.6) is 0 Å². The van der Waals surface area contributed by atoms with E-state index in [2.05, 4.69) is 5.32 Å². The van der Waals surface area contributed by atoms with E-state index < -0.39 is 22.6 Å². The third-order valence-electron chi connectivity index (χ3n) is 3.14. The van der Waals surface area contributed by atoms with Crippen LogP contribution in [0.3, 0.4) is 0 Å². The highest BCUT2D eigenvalue weighted by atomic mass is 19.2. The van der Waals surface area contributed by atoms with Crippen molar-refractivity contribution in [2.75, 3.05) is 5.32 Å². The van der Waals surface area contributed by atoms with Gasteiger partial charge >= 0.3 is 0 Å². The lowest BCUT2D eigenvalue weighted by atomic mass is 10.1. The van der Waals surface area contributed by atoms with Gasteiger partial charge in [-0.15, -0.1) is 0 Å². The van der Waals surface area contributed by atoms with Crippen molar-refractivity contribution in [2.24, 2.45) is 0 Å². The van der Waals surface area contributed by atoms with E-state index in [1.807, 2.05) is 6.07 Å². The molecule has 2 aromatic carbocycles. The maximum Gasteiger partial charge on any atom is 0.292 e. The molecule has 0 saturated heterocycles. The molecule has 112 valence electrons. The summed E-state index contributed by atoms with van der Waals surface area (Å²) in [5.41, 5.74) is 0.621. The largest absolute Gasteiger partial charge is 0.373 e. The van der Waals surface area contributed by atoms with Crippen molar-refractivity contribution in [1.82, 2.24) is 0 Å². The van der Waals surface area contributed by atoms with E-state index >= 15 is 0 Å². The molecule has 2 aromatic rings. The maximum absolute atomic E-state index is 13.3. The number of nitro benzene ring substituents is 1. The minimum atomic E-state index is -0.994. The molecule has 0 aliphatic carbocycles. The molecule has 0 aliphatic rings. The first kappa shape index (κ1) is 15.4. The van der Waals surface area contributed by atoms with Crippen LogP contribution in [0.2, 0.25) is 0 Å². The summed E-state index contributed by atoms with van der Waals surface area (Å²) >= 11 is 0. The van der Waals surface area contributed by atoms with E-state index in [0.29, 0.717) is 5.56 Å². The van der Waals surface area contributed by atoms with Crippen molar-refractivity contribution in [1.29, 1.82) is 5.26 Å². The first-order valence-corrected chi connectivity index (χ1v) is 6.32. The Morgan fingerprint density at radius 3 is 2.55 bits per heavy atom. The monoisotopic (exact) mass is 303 g/mol. The molecule has 1 N–H and O–H groups in total. The highest BCUT2D eigenvalue weighted by Crippen LogP contribution is 2.29. The van der Waals surface area contributed by atoms with Gasteiger partial charge in [0.15, 0.2) is 11.6 Å². The molecule has 1 atom stereocenters. The summed E-state index contributed by atoms with van der Waals surface area (Å²) in [6.45, 7) is 1.65. The second kappa shape index (κ2) is 6.18. The van der Waals surface area contributed by atoms with Gasteiger partial charge in [0, 0.05) is 12.1 Å². The summed E-state index contributed by atoms with van der Waals surface area (Å²) in [5.74, 6) is -1.96. The van der Waals surface area contributed by atoms with Gasteiger partial charge in [0.05, 0.1) is 16.6 Å². The zero-order valence-corrected chi connectivity index (χ0v) is 11.5. The Morgan fingerprint density at radius 1 is 1.23 bits per heavy atom. The summed E-state index contributed by atoms with van der Waals surface area (Å²) in [5, 5.41) is 22.7. The van der Waals surface area contributed by atoms with Crippen molar-refractivity contribution in [3.05, 3.63) is 69.3 Å². The van der Waals surface area contributed by atoms with E-state index in [0.717, 1.165) is 12.1 Å². The molecule has 0 amide bonds. The first-order chi connectivity index (χ1) is 10.4. The summed E-state index contributed by atoms with van der Waals surface area (Å²) < 4.78 is 26.2. The lowest BCUT2D eigenvalue weighted by molar-refractivity contribution is -0.384. The molecule has 0 spiro atoms. The predicted molar refractivity (Wildman–Crippen MR) is 76.2 cm³/mol. The van der Waals surface area contributed by atoms with Gasteiger partial charge in [-0.05, 0) is 36.8 Å². The highest BCUT2D eigenvalue weighted by molar-refractivity contribution is 5.65. The third kappa shape index (κ3) is 3.17. The van der Waals surface area contributed by atoms with Gasteiger partial charge in [0.25, 0.3) is 5.69 Å². The van der Waals surface area contributed by atoms with E-state index in [1.54, 1.807) is 6.92 Å². The molecular formula is C15H11F2N3O2. The van der Waals surface area contributed by atoms with Gasteiger partial charge in [-0.2, -0.15) is 5.26 Å². The molecular weight excluding hydrogens is 292 g/mol. The minimum Gasteiger partial charge on any atom is -0.373 e. The molecule has 0 heterocycles. The Bertz CT molecular complexity index is 772. The maximum atomic E-state index is 13.3. The molecule has 22 heavy (non-hydrogen) atoms. The normalized spacial score (nSPS) is 11.5. The van der Waals surface area contributed by atoms with Gasteiger partial charge in [0.2, 0.25) is 0 Å². The van der Waals surface area contributed by atoms with E-state index in [1.165, 1.54) is 24.3 Å². The van der Waals surface area contributed by atoms with Gasteiger partial charge in [0.1, 0.15) is 5.69 Å². The number of nitrogens with zero attached hydrogens (tertiary/aromatic N) is 2. The number of benzene rings is 2. The van der Waals surface area contributed by atoms with Crippen LogP contribution in [-0.4, -0.2) is 4.92 Å². The number of nitrogens with one attached hydrogen (secondary N) is 1. The van der Waals surface area contributed by atoms with Crippen molar-refractivity contribution >= 4 is 11.4 Å². The number of hydrogen-bond acceptors (Lipinski definition) is 4.